The first-order chi connectivity index (χ1) is 7.90. The second-order valence-corrected chi connectivity index (χ2v) is 3.81. The van der Waals surface area contributed by atoms with Crippen molar-refractivity contribution in [2.45, 2.75) is 13.8 Å². The smallest absolute Gasteiger partial charge is 0.354 e. The summed E-state index contributed by atoms with van der Waals surface area (Å²) in [6.07, 6.45) is 0. The van der Waals surface area contributed by atoms with Crippen molar-refractivity contribution in [3.8, 4) is 0 Å². The summed E-state index contributed by atoms with van der Waals surface area (Å²) in [5.74, 6) is -1.12. The third-order valence-corrected chi connectivity index (χ3v) is 1.97. The lowest BCUT2D eigenvalue weighted by Gasteiger charge is -2.06. The Morgan fingerprint density at radius 3 is 2.71 bits per heavy atom. The van der Waals surface area contributed by atoms with Crippen molar-refractivity contribution in [2.75, 3.05) is 11.9 Å². The van der Waals surface area contributed by atoms with Crippen LogP contribution < -0.4 is 10.6 Å². The van der Waals surface area contributed by atoms with Crippen molar-refractivity contribution in [1.82, 2.24) is 10.3 Å². The summed E-state index contributed by atoms with van der Waals surface area (Å²) < 4.78 is 0. The number of carboxylic acids is 1. The van der Waals surface area contributed by atoms with Gasteiger partial charge < -0.3 is 20.7 Å². The van der Waals surface area contributed by atoms with Gasteiger partial charge in [-0.25, -0.2) is 9.59 Å². The summed E-state index contributed by atoms with van der Waals surface area (Å²) in [6.45, 7) is 7.48. The van der Waals surface area contributed by atoms with E-state index in [1.54, 1.807) is 19.9 Å². The second kappa shape index (κ2) is 5.20. The summed E-state index contributed by atoms with van der Waals surface area (Å²) in [4.78, 5) is 25.0. The van der Waals surface area contributed by atoms with Crippen LogP contribution in [0.1, 0.15) is 23.1 Å². The molecule has 0 radical (unpaired) electrons. The molecule has 1 aromatic heterocycles. The number of rotatable bonds is 4. The van der Waals surface area contributed by atoms with E-state index in [0.29, 0.717) is 12.2 Å². The zero-order valence-corrected chi connectivity index (χ0v) is 9.76. The van der Waals surface area contributed by atoms with Crippen molar-refractivity contribution in [2.24, 2.45) is 0 Å². The number of aryl methyl sites for hydroxylation is 1. The van der Waals surface area contributed by atoms with Gasteiger partial charge in [-0.1, -0.05) is 12.2 Å². The number of hydrogen-bond donors (Lipinski definition) is 4. The highest BCUT2D eigenvalue weighted by molar-refractivity contribution is 5.99. The van der Waals surface area contributed by atoms with Crippen LogP contribution >= 0.6 is 0 Å². The Morgan fingerprint density at radius 1 is 1.53 bits per heavy atom. The summed E-state index contributed by atoms with van der Waals surface area (Å²) in [5.41, 5.74) is 1.68. The molecule has 4 N–H and O–H groups in total. The Morgan fingerprint density at radius 2 is 2.18 bits per heavy atom. The zero-order valence-electron chi connectivity index (χ0n) is 9.76. The number of urea groups is 1. The van der Waals surface area contributed by atoms with E-state index in [1.165, 1.54) is 0 Å². The van der Waals surface area contributed by atoms with Crippen molar-refractivity contribution in [1.29, 1.82) is 0 Å². The molecule has 0 atom stereocenters. The minimum Gasteiger partial charge on any atom is -0.477 e. The molecular formula is C11H15N3O3. The minimum atomic E-state index is -1.12. The molecule has 6 heteroatoms. The number of H-pyrrole nitrogens is 1. The number of aromatic nitrogens is 1. The molecule has 92 valence electrons. The van der Waals surface area contributed by atoms with E-state index < -0.39 is 12.0 Å². The van der Waals surface area contributed by atoms with Crippen molar-refractivity contribution in [3.63, 3.8) is 0 Å². The molecule has 0 fully saturated rings. The highest BCUT2D eigenvalue weighted by atomic mass is 16.4. The minimum absolute atomic E-state index is 0.0343. The number of hydrogen-bond acceptors (Lipinski definition) is 2. The standard InChI is InChI=1S/C11H15N3O3/c1-6(2)5-12-11(17)14-8-4-7(3)13-9(8)10(15)16/h4,13H,1,5H2,2-3H3,(H,15,16)(H2,12,14,17). The zero-order chi connectivity index (χ0) is 13.0. The summed E-state index contributed by atoms with van der Waals surface area (Å²) in [6, 6.07) is 1.10. The molecule has 0 unspecified atom stereocenters. The van der Waals surface area contributed by atoms with Crippen LogP contribution in [0.5, 0.6) is 0 Å². The van der Waals surface area contributed by atoms with Gasteiger partial charge in [0, 0.05) is 12.2 Å². The van der Waals surface area contributed by atoms with Crippen LogP contribution in [0.4, 0.5) is 10.5 Å². The number of nitrogens with one attached hydrogen (secondary N) is 3. The number of carbonyl (C=O) groups is 2. The first-order valence-electron chi connectivity index (χ1n) is 5.02. The van der Waals surface area contributed by atoms with E-state index in [0.717, 1.165) is 5.57 Å². The Bertz CT molecular complexity index is 463. The molecule has 0 bridgehead atoms. The SMILES string of the molecule is C=C(C)CNC(=O)Nc1cc(C)[nH]c1C(=O)O. The average Bonchev–Trinajstić information content (AvgIpc) is 2.56. The number of aromatic carboxylic acids is 1. The van der Waals surface area contributed by atoms with Crippen molar-refractivity contribution < 1.29 is 14.7 Å². The van der Waals surface area contributed by atoms with E-state index in [-0.39, 0.29) is 11.4 Å². The fourth-order valence-corrected chi connectivity index (χ4v) is 1.25. The van der Waals surface area contributed by atoms with Crippen molar-refractivity contribution in [3.05, 3.63) is 29.6 Å². The van der Waals surface area contributed by atoms with Gasteiger partial charge >= 0.3 is 12.0 Å². The van der Waals surface area contributed by atoms with Crippen LogP contribution in [0.15, 0.2) is 18.2 Å². The Kier molecular flexibility index (Phi) is 3.92. The van der Waals surface area contributed by atoms with Gasteiger partial charge in [0.15, 0.2) is 0 Å². The number of anilines is 1. The molecule has 0 aliphatic heterocycles. The van der Waals surface area contributed by atoms with Gasteiger partial charge in [0.25, 0.3) is 0 Å². The largest absolute Gasteiger partial charge is 0.477 e. The van der Waals surface area contributed by atoms with Gasteiger partial charge in [-0.15, -0.1) is 0 Å². The molecule has 0 aromatic carbocycles. The predicted octanol–water partition coefficient (Wildman–Crippen LogP) is 1.72. The van der Waals surface area contributed by atoms with Crippen LogP contribution in [0, 0.1) is 6.92 Å². The lowest BCUT2D eigenvalue weighted by Crippen LogP contribution is -2.30. The topological polar surface area (TPSA) is 94.2 Å². The first-order valence-corrected chi connectivity index (χ1v) is 5.02. The molecule has 1 aromatic rings. The van der Waals surface area contributed by atoms with Gasteiger partial charge in [-0.2, -0.15) is 0 Å². The molecule has 0 spiro atoms. The van der Waals surface area contributed by atoms with Gasteiger partial charge in [0.1, 0.15) is 5.69 Å². The van der Waals surface area contributed by atoms with Crippen LogP contribution in [0.25, 0.3) is 0 Å². The molecule has 17 heavy (non-hydrogen) atoms. The fourth-order valence-electron chi connectivity index (χ4n) is 1.25. The lowest BCUT2D eigenvalue weighted by atomic mass is 10.3. The first kappa shape index (κ1) is 12.8. The van der Waals surface area contributed by atoms with Gasteiger partial charge in [-0.05, 0) is 19.9 Å². The quantitative estimate of drug-likeness (QED) is 0.600. The normalized spacial score (nSPS) is 9.76. The van der Waals surface area contributed by atoms with E-state index in [1.807, 2.05) is 0 Å². The van der Waals surface area contributed by atoms with Gasteiger partial charge in [0.2, 0.25) is 0 Å². The van der Waals surface area contributed by atoms with Crippen LogP contribution in [-0.4, -0.2) is 28.6 Å². The number of amides is 2. The van der Waals surface area contributed by atoms with E-state index in [4.69, 9.17) is 5.11 Å². The van der Waals surface area contributed by atoms with E-state index in [9.17, 15) is 9.59 Å². The van der Waals surface area contributed by atoms with Gasteiger partial charge in [0.05, 0.1) is 5.69 Å². The molecule has 1 heterocycles. The molecule has 0 saturated carbocycles. The molecular weight excluding hydrogens is 222 g/mol. The summed E-state index contributed by atoms with van der Waals surface area (Å²) >= 11 is 0. The van der Waals surface area contributed by atoms with Crippen molar-refractivity contribution >= 4 is 17.7 Å². The maximum Gasteiger partial charge on any atom is 0.354 e. The lowest BCUT2D eigenvalue weighted by molar-refractivity contribution is 0.0692. The summed E-state index contributed by atoms with van der Waals surface area (Å²) in [5, 5.41) is 13.9. The Hall–Kier alpha value is -2.24. The third-order valence-electron chi connectivity index (χ3n) is 1.97. The monoisotopic (exact) mass is 237 g/mol. The maximum absolute atomic E-state index is 11.4. The fraction of sp³-hybridized carbons (Fsp3) is 0.273. The molecule has 0 aliphatic rings. The summed E-state index contributed by atoms with van der Waals surface area (Å²) in [7, 11) is 0. The second-order valence-electron chi connectivity index (χ2n) is 3.81. The predicted molar refractivity (Wildman–Crippen MR) is 64.3 cm³/mol. The van der Waals surface area contributed by atoms with Crippen LogP contribution in [0.3, 0.4) is 0 Å². The Labute approximate surface area is 98.7 Å². The number of carboxylic acid groups (broad SMARTS) is 1. The van der Waals surface area contributed by atoms with E-state index in [2.05, 4.69) is 22.2 Å². The van der Waals surface area contributed by atoms with E-state index >= 15 is 0 Å². The maximum atomic E-state index is 11.4. The number of aromatic amines is 1. The molecule has 2 amide bonds. The Balaban J connectivity index is 2.71. The van der Waals surface area contributed by atoms with Crippen LogP contribution in [-0.2, 0) is 0 Å². The third kappa shape index (κ3) is 3.67. The highest BCUT2D eigenvalue weighted by Crippen LogP contribution is 2.16. The molecule has 1 rings (SSSR count). The molecule has 0 aliphatic carbocycles. The average molecular weight is 237 g/mol. The number of carbonyl (C=O) groups excluding carboxylic acids is 1. The molecule has 6 nitrogen and oxygen atoms in total. The van der Waals surface area contributed by atoms with Gasteiger partial charge in [-0.3, -0.25) is 0 Å². The van der Waals surface area contributed by atoms with Crippen LogP contribution in [0.2, 0.25) is 0 Å². The molecule has 0 saturated heterocycles. The highest BCUT2D eigenvalue weighted by Gasteiger charge is 2.14.